The lowest BCUT2D eigenvalue weighted by molar-refractivity contribution is -0.384. The van der Waals surface area contributed by atoms with Gasteiger partial charge in [-0.1, -0.05) is 61.9 Å². The summed E-state index contributed by atoms with van der Waals surface area (Å²) in [5.74, 6) is -0.0507. The molecule has 370 valence electrons. The topological polar surface area (TPSA) is 201 Å². The zero-order valence-electron chi connectivity index (χ0n) is 39.6. The summed E-state index contributed by atoms with van der Waals surface area (Å²) in [6.45, 7) is 6.77. The molecular formula is C53H66N4O12. The number of rotatable bonds is 23. The number of oxime groups is 1. The molecule has 3 N–H and O–H groups in total. The lowest BCUT2D eigenvalue weighted by Gasteiger charge is -2.60. The summed E-state index contributed by atoms with van der Waals surface area (Å²) in [5.41, 5.74) is 3.75. The summed E-state index contributed by atoms with van der Waals surface area (Å²) in [6, 6.07) is 16.5. The molecule has 6 atom stereocenters. The van der Waals surface area contributed by atoms with Crippen LogP contribution in [0.1, 0.15) is 113 Å². The molecular weight excluding hydrogens is 885 g/mol. The number of nitro benzene ring substituents is 1. The van der Waals surface area contributed by atoms with E-state index in [1.165, 1.54) is 12.1 Å². The number of allylic oxidation sites excluding steroid dienone is 1. The molecule has 5 aliphatic rings. The lowest BCUT2D eigenvalue weighted by atomic mass is 9.55. The van der Waals surface area contributed by atoms with Crippen molar-refractivity contribution >= 4 is 23.4 Å². The van der Waals surface area contributed by atoms with Crippen LogP contribution < -0.4 is 24.3 Å². The van der Waals surface area contributed by atoms with Gasteiger partial charge in [-0.25, -0.2) is 4.79 Å². The van der Waals surface area contributed by atoms with Gasteiger partial charge in [0.25, 0.3) is 5.69 Å². The second-order valence-corrected chi connectivity index (χ2v) is 18.8. The Bertz CT molecular complexity index is 2350. The van der Waals surface area contributed by atoms with Crippen molar-refractivity contribution in [3.63, 3.8) is 0 Å². The Hall–Kier alpha value is -5.97. The number of nitrogens with one attached hydrogen (secondary N) is 1. The van der Waals surface area contributed by atoms with E-state index >= 15 is 4.79 Å². The Morgan fingerprint density at radius 2 is 1.70 bits per heavy atom. The fourth-order valence-corrected chi connectivity index (χ4v) is 11.3. The molecule has 2 saturated carbocycles. The highest BCUT2D eigenvalue weighted by atomic mass is 16.7. The molecule has 0 aromatic heterocycles. The van der Waals surface area contributed by atoms with Gasteiger partial charge in [0.15, 0.2) is 11.5 Å². The van der Waals surface area contributed by atoms with Crippen molar-refractivity contribution < 1.29 is 53.2 Å². The van der Waals surface area contributed by atoms with E-state index in [4.69, 9.17) is 33.7 Å². The van der Waals surface area contributed by atoms with E-state index in [0.717, 1.165) is 74.5 Å². The molecule has 0 unspecified atom stereocenters. The van der Waals surface area contributed by atoms with Crippen LogP contribution in [0.2, 0.25) is 0 Å². The number of aliphatic hydroxyl groups is 2. The summed E-state index contributed by atoms with van der Waals surface area (Å²) in [4.78, 5) is 47.4. The van der Waals surface area contributed by atoms with Gasteiger partial charge in [0.2, 0.25) is 18.5 Å². The maximum atomic E-state index is 15.3. The smallest absolute Gasteiger partial charge is 0.412 e. The minimum absolute atomic E-state index is 0.0242. The van der Waals surface area contributed by atoms with Crippen molar-refractivity contribution in [3.8, 4) is 23.0 Å². The van der Waals surface area contributed by atoms with Gasteiger partial charge in [-0.2, -0.15) is 0 Å². The first kappa shape index (κ1) is 49.5. The van der Waals surface area contributed by atoms with E-state index in [0.29, 0.717) is 66.0 Å². The number of carbonyl (C=O) groups excluding carboxylic acids is 2. The average Bonchev–Trinajstić information content (AvgIpc) is 4.06. The first-order valence-electron chi connectivity index (χ1n) is 24.7. The number of non-ortho nitro benzene ring substituents is 1. The Kier molecular flexibility index (Phi) is 16.5. The fraction of sp³-hybridized carbons (Fsp3) is 0.528. The van der Waals surface area contributed by atoms with E-state index in [1.54, 1.807) is 24.3 Å². The minimum atomic E-state index is -1.51. The second-order valence-electron chi connectivity index (χ2n) is 18.8. The van der Waals surface area contributed by atoms with Crippen LogP contribution in [0.5, 0.6) is 23.0 Å². The largest absolute Gasteiger partial charge is 0.459 e. The number of amides is 2. The van der Waals surface area contributed by atoms with Crippen LogP contribution in [-0.2, 0) is 27.5 Å². The monoisotopic (exact) mass is 950 g/mol. The highest BCUT2D eigenvalue weighted by molar-refractivity contribution is 6.03. The van der Waals surface area contributed by atoms with E-state index in [9.17, 15) is 25.1 Å². The summed E-state index contributed by atoms with van der Waals surface area (Å²) < 4.78 is 32.0. The number of hydrogen-bond donors (Lipinski definition) is 3. The van der Waals surface area contributed by atoms with Crippen LogP contribution >= 0.6 is 0 Å². The summed E-state index contributed by atoms with van der Waals surface area (Å²) in [7, 11) is 0. The summed E-state index contributed by atoms with van der Waals surface area (Å²) in [6.07, 6.45) is 13.3. The van der Waals surface area contributed by atoms with Crippen molar-refractivity contribution in [1.82, 2.24) is 10.2 Å². The van der Waals surface area contributed by atoms with E-state index in [-0.39, 0.29) is 75.5 Å². The normalized spacial score (nSPS) is 23.8. The summed E-state index contributed by atoms with van der Waals surface area (Å²) >= 11 is 0. The molecule has 3 aliphatic carbocycles. The maximum absolute atomic E-state index is 15.3. The van der Waals surface area contributed by atoms with Crippen molar-refractivity contribution in [1.29, 1.82) is 0 Å². The quantitative estimate of drug-likeness (QED) is 0.0353. The Morgan fingerprint density at radius 1 is 0.957 bits per heavy atom. The van der Waals surface area contributed by atoms with Gasteiger partial charge in [-0.15, -0.1) is 6.58 Å². The van der Waals surface area contributed by atoms with Crippen molar-refractivity contribution in [2.24, 2.45) is 28.8 Å². The zero-order chi connectivity index (χ0) is 48.3. The van der Waals surface area contributed by atoms with Crippen molar-refractivity contribution in [2.75, 3.05) is 33.2 Å². The first-order chi connectivity index (χ1) is 33.7. The highest BCUT2D eigenvalue weighted by Crippen LogP contribution is 2.62. The average molecular weight is 951 g/mol. The molecule has 0 radical (unpaired) electrons. The number of hydrogen-bond acceptors (Lipinski definition) is 13. The second kappa shape index (κ2) is 23.1. The number of aliphatic hydroxyl groups excluding tert-OH is 2. The van der Waals surface area contributed by atoms with Crippen LogP contribution in [0.3, 0.4) is 0 Å². The Morgan fingerprint density at radius 3 is 2.43 bits per heavy atom. The number of unbranched alkanes of at least 4 members (excludes halogenated alkanes) is 2. The Labute approximate surface area is 403 Å². The SMILES string of the molecule is C=CCO[C@@]12Oc3ccc(OC(=O)NCC)cc3[C@H]3[C@H](CCCCO)[C@@H](CCCCO)C=C(C(=NOCc4ccc([N+](=O)[O-])cc4)C[C@@H]1N(Cc1ccc4c(c1)OCO4)C(=O)CCC1CCCC1)[C@H]32. The third-order valence-electron chi connectivity index (χ3n) is 14.5. The molecule has 69 heavy (non-hydrogen) atoms. The molecule has 2 aliphatic heterocycles. The third kappa shape index (κ3) is 11.2. The van der Waals surface area contributed by atoms with Crippen LogP contribution in [0.4, 0.5) is 10.5 Å². The van der Waals surface area contributed by atoms with Crippen molar-refractivity contribution in [2.45, 2.75) is 121 Å². The number of fused-ring (bicyclic) bond motifs is 3. The maximum Gasteiger partial charge on any atom is 0.412 e. The molecule has 0 bridgehead atoms. The number of nitro groups is 1. The van der Waals surface area contributed by atoms with Gasteiger partial charge < -0.3 is 49.0 Å². The molecule has 3 aromatic carbocycles. The predicted molar refractivity (Wildman–Crippen MR) is 257 cm³/mol. The number of benzene rings is 3. The standard InChI is InChI=1S/C53H66N4O12/c1-3-27-66-53-48(56(49(60)24-18-35-11-5-6-12-35)32-37-17-22-46-47(28-37)65-34-64-46)31-44(55-67-33-36-15-19-39(20-16-36)57(62)63)42-29-38(13-7-9-25-58)41(14-8-10-26-59)50(51(42)53)43-30-40(21-23-45(43)69-53)68-52(61)54-4-2/h3,15-17,19-23,28-30,35,38,41,48,50-51,58-59H,1,4-14,18,24-27,31-34H2,2H3,(H,54,61)/t38-,41+,48-,50+,51+,53+/m0/s1. The van der Waals surface area contributed by atoms with Gasteiger partial charge >= 0.3 is 6.09 Å². The van der Waals surface area contributed by atoms with Crippen molar-refractivity contribution in [3.05, 3.63) is 112 Å². The van der Waals surface area contributed by atoms with Gasteiger partial charge in [0.05, 0.1) is 23.2 Å². The van der Waals surface area contributed by atoms with Gasteiger partial charge in [-0.3, -0.25) is 14.9 Å². The lowest BCUT2D eigenvalue weighted by Crippen LogP contribution is -2.70. The van der Waals surface area contributed by atoms with Gasteiger partial charge in [-0.05, 0) is 116 Å². The van der Waals surface area contributed by atoms with E-state index < -0.39 is 28.8 Å². The third-order valence-corrected chi connectivity index (χ3v) is 14.5. The zero-order valence-corrected chi connectivity index (χ0v) is 39.6. The molecule has 16 heteroatoms. The van der Waals surface area contributed by atoms with Crippen LogP contribution in [0.25, 0.3) is 0 Å². The van der Waals surface area contributed by atoms with Gasteiger partial charge in [0.1, 0.15) is 24.1 Å². The molecule has 0 saturated heterocycles. The van der Waals surface area contributed by atoms with E-state index in [2.05, 4.69) is 18.0 Å². The minimum Gasteiger partial charge on any atom is -0.459 e. The van der Waals surface area contributed by atoms with E-state index in [1.807, 2.05) is 42.2 Å². The molecule has 2 fully saturated rings. The molecule has 2 heterocycles. The van der Waals surface area contributed by atoms with Gasteiger partial charge in [0, 0.05) is 62.8 Å². The molecule has 0 spiro atoms. The Balaban J connectivity index is 1.31. The molecule has 2 amide bonds. The number of carbonyl (C=O) groups is 2. The fourth-order valence-electron chi connectivity index (χ4n) is 11.3. The van der Waals surface area contributed by atoms with Crippen LogP contribution in [0, 0.1) is 33.8 Å². The highest BCUT2D eigenvalue weighted by Gasteiger charge is 2.65. The van der Waals surface area contributed by atoms with Crippen LogP contribution in [0.15, 0.2) is 90.1 Å². The molecule has 16 nitrogen and oxygen atoms in total. The predicted octanol–water partition coefficient (Wildman–Crippen LogP) is 9.26. The number of ether oxygens (including phenoxy) is 5. The first-order valence-corrected chi connectivity index (χ1v) is 24.7. The summed E-state index contributed by atoms with van der Waals surface area (Å²) in [5, 5.41) is 39.1. The molecule has 8 rings (SSSR count). The van der Waals surface area contributed by atoms with Crippen LogP contribution in [-0.4, -0.2) is 82.7 Å². The number of nitrogens with zero attached hydrogens (tertiary/aromatic N) is 3. The molecule has 3 aromatic rings.